The van der Waals surface area contributed by atoms with Gasteiger partial charge in [0.25, 0.3) is 0 Å². The van der Waals surface area contributed by atoms with Crippen LogP contribution in [0.25, 0.3) is 0 Å². The first-order chi connectivity index (χ1) is 16.8. The van der Waals surface area contributed by atoms with Crippen molar-refractivity contribution >= 4 is 10.1 Å². The second-order valence-corrected chi connectivity index (χ2v) is 10.2. The quantitative estimate of drug-likeness (QED) is 0.217. The van der Waals surface area contributed by atoms with Crippen LogP contribution < -0.4 is 34.3 Å². The zero-order valence-corrected chi connectivity index (χ0v) is 23.5. The summed E-state index contributed by atoms with van der Waals surface area (Å²) in [5.74, 6) is 0.692. The van der Waals surface area contributed by atoms with Crippen LogP contribution in [-0.4, -0.2) is 28.4 Å². The summed E-state index contributed by atoms with van der Waals surface area (Å²) in [7, 11) is -4.53. The Hall–Kier alpha value is -2.13. The van der Waals surface area contributed by atoms with E-state index < -0.39 is 21.5 Å². The van der Waals surface area contributed by atoms with E-state index in [-0.39, 0.29) is 54.1 Å². The van der Waals surface area contributed by atoms with Crippen molar-refractivity contribution in [3.8, 4) is 11.5 Å². The molecule has 0 unspecified atom stereocenters. The number of phenols is 1. The van der Waals surface area contributed by atoms with Crippen molar-refractivity contribution in [2.24, 2.45) is 0 Å². The Morgan fingerprint density at radius 1 is 0.944 bits per heavy atom. The Bertz CT molecular complexity index is 1180. The summed E-state index contributed by atoms with van der Waals surface area (Å²) in [6.45, 7) is 2.42. The fourth-order valence-corrected chi connectivity index (χ4v) is 4.72. The molecule has 6 nitrogen and oxygen atoms in total. The minimum atomic E-state index is -4.53. The summed E-state index contributed by atoms with van der Waals surface area (Å²) in [5.41, 5.74) is 2.57. The number of rotatable bonds is 12. The maximum Gasteiger partial charge on any atom is 1.00 e. The van der Waals surface area contributed by atoms with Crippen LogP contribution in [0.2, 0.25) is 0 Å². The maximum absolute atomic E-state index is 12.0. The van der Waals surface area contributed by atoms with Crippen LogP contribution in [-0.2, 0) is 16.7 Å². The summed E-state index contributed by atoms with van der Waals surface area (Å²) in [4.78, 5) is 0. The molecule has 3 aromatic carbocycles. The fourth-order valence-electron chi connectivity index (χ4n) is 3.91. The van der Waals surface area contributed by atoms with E-state index in [1.165, 1.54) is 24.3 Å². The van der Waals surface area contributed by atoms with Gasteiger partial charge in [-0.05, 0) is 66.1 Å². The molecule has 3 rings (SSSR count). The van der Waals surface area contributed by atoms with Gasteiger partial charge >= 0.3 is 29.6 Å². The smallest absolute Gasteiger partial charge is 0.748 e. The molecule has 0 saturated heterocycles. The van der Waals surface area contributed by atoms with Crippen molar-refractivity contribution in [1.82, 2.24) is 0 Å². The van der Waals surface area contributed by atoms with Gasteiger partial charge in [-0.25, -0.2) is 8.42 Å². The van der Waals surface area contributed by atoms with E-state index in [1.807, 2.05) is 61.5 Å². The van der Waals surface area contributed by atoms with Gasteiger partial charge in [-0.2, -0.15) is 0 Å². The predicted octanol–water partition coefficient (Wildman–Crippen LogP) is 2.45. The number of allylic oxidation sites excluding steroid dienone is 1. The number of phenolic OH excluding ortho intramolecular Hbond substituents is 1. The zero-order valence-electron chi connectivity index (χ0n) is 20.7. The maximum atomic E-state index is 12.0. The standard InChI is InChI=1S/C28H32O6S.Na/c1-2-22(23-13-17-26(18-14-23)34-20-21-7-4-3-5-8-21)19-27(35(31,32)33)9-6-10-28(30)24-11-15-25(29)16-12-24;/h3-8,10-18,22,27-30H,2,9,19-20H2,1H3,(H,31,32,33);/q;+1/p-1/b10-6+;/t22-,27+,28-;/m1./s1. The van der Waals surface area contributed by atoms with Crippen LogP contribution in [0.15, 0.2) is 91.0 Å². The summed E-state index contributed by atoms with van der Waals surface area (Å²) in [6, 6.07) is 23.4. The molecule has 0 aliphatic rings. The van der Waals surface area contributed by atoms with Crippen molar-refractivity contribution in [2.45, 2.75) is 50.1 Å². The van der Waals surface area contributed by atoms with E-state index in [2.05, 4.69) is 0 Å². The van der Waals surface area contributed by atoms with Gasteiger partial charge in [0.2, 0.25) is 0 Å². The van der Waals surface area contributed by atoms with Gasteiger partial charge in [0.15, 0.2) is 0 Å². The van der Waals surface area contributed by atoms with Gasteiger partial charge in [0.1, 0.15) is 18.1 Å². The molecule has 3 atom stereocenters. The molecule has 36 heavy (non-hydrogen) atoms. The average Bonchev–Trinajstić information content (AvgIpc) is 2.85. The van der Waals surface area contributed by atoms with Crippen molar-refractivity contribution in [2.75, 3.05) is 0 Å². The Morgan fingerprint density at radius 2 is 1.56 bits per heavy atom. The third-order valence-electron chi connectivity index (χ3n) is 6.00. The van der Waals surface area contributed by atoms with E-state index in [4.69, 9.17) is 4.74 Å². The summed E-state index contributed by atoms with van der Waals surface area (Å²) >= 11 is 0. The number of hydrogen-bond acceptors (Lipinski definition) is 6. The van der Waals surface area contributed by atoms with Gasteiger partial charge in [-0.3, -0.25) is 0 Å². The molecule has 3 aromatic rings. The number of aliphatic hydroxyl groups excluding tert-OH is 1. The molecule has 0 amide bonds. The first-order valence-electron chi connectivity index (χ1n) is 11.6. The van der Waals surface area contributed by atoms with Crippen molar-refractivity contribution in [3.63, 3.8) is 0 Å². The number of aliphatic hydroxyl groups is 1. The van der Waals surface area contributed by atoms with Crippen LogP contribution in [0.4, 0.5) is 0 Å². The average molecular weight is 519 g/mol. The Labute approximate surface area is 235 Å². The summed E-state index contributed by atoms with van der Waals surface area (Å²) < 4.78 is 41.7. The minimum absolute atomic E-state index is 0. The molecule has 0 spiro atoms. The molecule has 0 aliphatic heterocycles. The normalized spacial score (nSPS) is 14.1. The summed E-state index contributed by atoms with van der Waals surface area (Å²) in [6.07, 6.45) is 2.91. The van der Waals surface area contributed by atoms with Crippen LogP contribution >= 0.6 is 0 Å². The first-order valence-corrected chi connectivity index (χ1v) is 13.1. The minimum Gasteiger partial charge on any atom is -0.748 e. The van der Waals surface area contributed by atoms with Gasteiger partial charge in [0.05, 0.1) is 21.5 Å². The third kappa shape index (κ3) is 9.39. The van der Waals surface area contributed by atoms with E-state index in [0.29, 0.717) is 24.3 Å². The number of hydrogen-bond donors (Lipinski definition) is 2. The fraction of sp³-hybridized carbons (Fsp3) is 0.286. The van der Waals surface area contributed by atoms with Crippen LogP contribution in [0.1, 0.15) is 54.9 Å². The number of ether oxygens (including phenoxy) is 1. The molecule has 8 heteroatoms. The van der Waals surface area contributed by atoms with Gasteiger partial charge < -0.3 is 19.5 Å². The summed E-state index contributed by atoms with van der Waals surface area (Å²) in [5, 5.41) is 18.5. The molecule has 0 radical (unpaired) electrons. The third-order valence-corrected chi connectivity index (χ3v) is 7.20. The Balaban J connectivity index is 0.00000456. The van der Waals surface area contributed by atoms with Gasteiger partial charge in [0, 0.05) is 0 Å². The van der Waals surface area contributed by atoms with Crippen LogP contribution in [0.5, 0.6) is 11.5 Å². The first kappa shape index (κ1) is 30.1. The van der Waals surface area contributed by atoms with Crippen LogP contribution in [0.3, 0.4) is 0 Å². The SMILES string of the molecule is CC[C@H](C[C@H](C/C=C/[C@@H](O)c1ccc(O)cc1)S(=O)(=O)[O-])c1ccc(OCc2ccccc2)cc1.[Na+]. The van der Waals surface area contributed by atoms with Crippen molar-refractivity contribution < 1.29 is 57.5 Å². The topological polar surface area (TPSA) is 107 Å². The van der Waals surface area contributed by atoms with E-state index in [1.54, 1.807) is 12.1 Å². The molecule has 0 heterocycles. The Kier molecular flexibility index (Phi) is 12.2. The molecule has 0 aliphatic carbocycles. The number of aromatic hydroxyl groups is 1. The molecular weight excluding hydrogens is 487 g/mol. The second-order valence-electron chi connectivity index (χ2n) is 8.50. The van der Waals surface area contributed by atoms with Crippen molar-refractivity contribution in [3.05, 3.63) is 108 Å². The molecule has 2 N–H and O–H groups in total. The van der Waals surface area contributed by atoms with E-state index in [9.17, 15) is 23.2 Å². The monoisotopic (exact) mass is 518 g/mol. The Morgan fingerprint density at radius 3 is 2.14 bits per heavy atom. The number of benzene rings is 3. The zero-order chi connectivity index (χ0) is 25.3. The molecule has 0 saturated carbocycles. The molecule has 0 bridgehead atoms. The van der Waals surface area contributed by atoms with Gasteiger partial charge in [-0.15, -0.1) is 0 Å². The molecular formula is C28H31NaO6S. The van der Waals surface area contributed by atoms with Crippen molar-refractivity contribution in [1.29, 1.82) is 0 Å². The second kappa shape index (κ2) is 14.6. The largest absolute Gasteiger partial charge is 1.00 e. The van der Waals surface area contributed by atoms with E-state index >= 15 is 0 Å². The van der Waals surface area contributed by atoms with Gasteiger partial charge in [-0.1, -0.05) is 73.7 Å². The molecule has 0 fully saturated rings. The molecule has 186 valence electrons. The predicted molar refractivity (Wildman–Crippen MR) is 135 cm³/mol. The van der Waals surface area contributed by atoms with E-state index in [0.717, 1.165) is 11.1 Å². The molecule has 0 aromatic heterocycles. The van der Waals surface area contributed by atoms with Crippen LogP contribution in [0, 0.1) is 0 Å².